The number of benzene rings is 1. The molecular weight excluding hydrogens is 406 g/mol. The zero-order valence-electron chi connectivity index (χ0n) is 19.3. The number of ether oxygens (including phenoxy) is 2. The largest absolute Gasteiger partial charge is 0.381 e. The Morgan fingerprint density at radius 2 is 2.06 bits per heavy atom. The fraction of sp³-hybridized carbons (Fsp3) is 0.583. The van der Waals surface area contributed by atoms with E-state index in [1.54, 1.807) is 14.0 Å². The molecule has 2 aliphatic rings. The van der Waals surface area contributed by atoms with Crippen molar-refractivity contribution in [2.45, 2.75) is 57.5 Å². The zero-order chi connectivity index (χ0) is 22.7. The van der Waals surface area contributed by atoms with Crippen molar-refractivity contribution < 1.29 is 14.3 Å². The third kappa shape index (κ3) is 5.20. The van der Waals surface area contributed by atoms with Gasteiger partial charge in [-0.3, -0.25) is 4.79 Å². The number of amides is 1. The van der Waals surface area contributed by atoms with Crippen molar-refractivity contribution in [2.24, 2.45) is 5.73 Å². The summed E-state index contributed by atoms with van der Waals surface area (Å²) in [6.45, 7) is 6.88. The Labute approximate surface area is 189 Å². The first-order valence-electron chi connectivity index (χ1n) is 11.5. The van der Waals surface area contributed by atoms with Gasteiger partial charge < -0.3 is 30.7 Å². The molecule has 8 heteroatoms. The average molecular weight is 442 g/mol. The third-order valence-corrected chi connectivity index (χ3v) is 6.39. The van der Waals surface area contributed by atoms with Crippen molar-refractivity contribution in [3.05, 3.63) is 35.4 Å². The fourth-order valence-corrected chi connectivity index (χ4v) is 4.68. The number of methoxy groups -OCH3 is 1. The maximum atomic E-state index is 13.0. The topological polar surface area (TPSA) is 102 Å². The molecule has 0 bridgehead atoms. The number of aryl methyl sites for hydroxylation is 1. The van der Waals surface area contributed by atoms with Gasteiger partial charge in [-0.15, -0.1) is 0 Å². The molecule has 3 atom stereocenters. The van der Waals surface area contributed by atoms with E-state index in [1.807, 2.05) is 25.1 Å². The van der Waals surface area contributed by atoms with Crippen LogP contribution in [0.25, 0.3) is 10.9 Å². The molecule has 174 valence electrons. The first kappa shape index (κ1) is 22.9. The standard InChI is InChI=1S/C24H35N5O3/c1-15-4-5-20-17(12-15)13-19(24(30)26-16(2)25)23(28-20)29-9-6-21(22(14-29)31-3)27-18-7-10-32-11-8-18/h4-5,12-13,16,18,21-22,27H,6-11,14,25H2,1-3H3,(H,26,30)/t16?,21-,22+/m1/s1. The van der Waals surface area contributed by atoms with Crippen LogP contribution in [-0.4, -0.2) is 68.7 Å². The lowest BCUT2D eigenvalue weighted by atomic mass is 9.98. The lowest BCUT2D eigenvalue weighted by molar-refractivity contribution is 0.0359. The number of nitrogens with one attached hydrogen (secondary N) is 2. The molecule has 0 radical (unpaired) electrons. The highest BCUT2D eigenvalue weighted by Crippen LogP contribution is 2.28. The number of hydrogen-bond donors (Lipinski definition) is 3. The zero-order valence-corrected chi connectivity index (χ0v) is 19.3. The summed E-state index contributed by atoms with van der Waals surface area (Å²) in [5.74, 6) is 0.480. The predicted molar refractivity (Wildman–Crippen MR) is 126 cm³/mol. The summed E-state index contributed by atoms with van der Waals surface area (Å²) in [5, 5.41) is 7.55. The van der Waals surface area contributed by atoms with Crippen molar-refractivity contribution in [1.29, 1.82) is 0 Å². The van der Waals surface area contributed by atoms with Crippen LogP contribution in [0.3, 0.4) is 0 Å². The van der Waals surface area contributed by atoms with Gasteiger partial charge in [0.25, 0.3) is 5.91 Å². The van der Waals surface area contributed by atoms with Gasteiger partial charge in [0.1, 0.15) is 5.82 Å². The molecular formula is C24H35N5O3. The number of carbonyl (C=O) groups excluding carboxylic acids is 1. The predicted octanol–water partition coefficient (Wildman–Crippen LogP) is 1.94. The highest BCUT2D eigenvalue weighted by Gasteiger charge is 2.33. The number of anilines is 1. The van der Waals surface area contributed by atoms with Crippen molar-refractivity contribution in [3.8, 4) is 0 Å². The Balaban J connectivity index is 1.60. The smallest absolute Gasteiger partial charge is 0.256 e. The van der Waals surface area contributed by atoms with Crippen LogP contribution in [-0.2, 0) is 9.47 Å². The molecule has 2 aliphatic heterocycles. The highest BCUT2D eigenvalue weighted by atomic mass is 16.5. The van der Waals surface area contributed by atoms with Crippen LogP contribution in [0.1, 0.15) is 42.1 Å². The van der Waals surface area contributed by atoms with Crippen LogP contribution in [0.4, 0.5) is 5.82 Å². The van der Waals surface area contributed by atoms with Crippen molar-refractivity contribution in [2.75, 3.05) is 38.3 Å². The monoisotopic (exact) mass is 441 g/mol. The molecule has 4 N–H and O–H groups in total. The minimum Gasteiger partial charge on any atom is -0.381 e. The van der Waals surface area contributed by atoms with Crippen LogP contribution in [0, 0.1) is 6.92 Å². The SMILES string of the molecule is CO[C@H]1CN(c2nc3ccc(C)cc3cc2C(=O)NC(C)N)CC[C@H]1NC1CCOCC1. The summed E-state index contributed by atoms with van der Waals surface area (Å²) in [6.07, 6.45) is 2.54. The molecule has 2 saturated heterocycles. The Bertz CT molecular complexity index is 945. The fourth-order valence-electron chi connectivity index (χ4n) is 4.68. The molecule has 1 aromatic carbocycles. The van der Waals surface area contributed by atoms with Gasteiger partial charge in [0.05, 0.1) is 23.3 Å². The van der Waals surface area contributed by atoms with E-state index in [-0.39, 0.29) is 18.1 Å². The number of nitrogens with zero attached hydrogens (tertiary/aromatic N) is 2. The molecule has 0 spiro atoms. The van der Waals surface area contributed by atoms with Gasteiger partial charge in [-0.05, 0) is 51.3 Å². The molecule has 1 aromatic heterocycles. The Morgan fingerprint density at radius 1 is 1.28 bits per heavy atom. The van der Waals surface area contributed by atoms with Crippen LogP contribution in [0.2, 0.25) is 0 Å². The van der Waals surface area contributed by atoms with E-state index >= 15 is 0 Å². The third-order valence-electron chi connectivity index (χ3n) is 6.39. The maximum absolute atomic E-state index is 13.0. The molecule has 32 heavy (non-hydrogen) atoms. The van der Waals surface area contributed by atoms with Gasteiger partial charge in [0.15, 0.2) is 0 Å². The maximum Gasteiger partial charge on any atom is 0.256 e. The summed E-state index contributed by atoms with van der Waals surface area (Å²) in [7, 11) is 1.76. The number of rotatable bonds is 6. The second kappa shape index (κ2) is 10.1. The molecule has 0 aliphatic carbocycles. The van der Waals surface area contributed by atoms with E-state index in [9.17, 15) is 4.79 Å². The van der Waals surface area contributed by atoms with Crippen LogP contribution < -0.4 is 21.3 Å². The first-order chi connectivity index (χ1) is 15.4. The molecule has 2 aromatic rings. The molecule has 1 unspecified atom stereocenters. The van der Waals surface area contributed by atoms with E-state index in [0.29, 0.717) is 24.0 Å². The minimum absolute atomic E-state index is 0.00597. The Kier molecular flexibility index (Phi) is 7.25. The van der Waals surface area contributed by atoms with Crippen molar-refractivity contribution in [3.63, 3.8) is 0 Å². The number of piperidine rings is 1. The van der Waals surface area contributed by atoms with E-state index in [0.717, 1.165) is 55.5 Å². The number of carbonyl (C=O) groups is 1. The molecule has 0 saturated carbocycles. The van der Waals surface area contributed by atoms with Crippen LogP contribution in [0.5, 0.6) is 0 Å². The van der Waals surface area contributed by atoms with Crippen LogP contribution in [0.15, 0.2) is 24.3 Å². The number of hydrogen-bond acceptors (Lipinski definition) is 7. The average Bonchev–Trinajstić information content (AvgIpc) is 2.78. The lowest BCUT2D eigenvalue weighted by Gasteiger charge is -2.41. The first-order valence-corrected chi connectivity index (χ1v) is 11.5. The van der Waals surface area contributed by atoms with Gasteiger partial charge >= 0.3 is 0 Å². The van der Waals surface area contributed by atoms with E-state index in [4.69, 9.17) is 20.2 Å². The Hall–Kier alpha value is -2.26. The van der Waals surface area contributed by atoms with Crippen molar-refractivity contribution in [1.82, 2.24) is 15.6 Å². The summed E-state index contributed by atoms with van der Waals surface area (Å²) in [4.78, 5) is 20.1. The number of nitrogens with two attached hydrogens (primary N) is 1. The molecule has 8 nitrogen and oxygen atoms in total. The molecule has 3 heterocycles. The van der Waals surface area contributed by atoms with E-state index in [1.165, 1.54) is 0 Å². The second-order valence-electron chi connectivity index (χ2n) is 8.99. The summed E-state index contributed by atoms with van der Waals surface area (Å²) in [5.41, 5.74) is 8.39. The minimum atomic E-state index is -0.440. The van der Waals surface area contributed by atoms with Gasteiger partial charge in [0, 0.05) is 50.9 Å². The van der Waals surface area contributed by atoms with Gasteiger partial charge in [0.2, 0.25) is 0 Å². The lowest BCUT2D eigenvalue weighted by Crippen LogP contribution is -2.56. The van der Waals surface area contributed by atoms with E-state index < -0.39 is 6.17 Å². The normalized spacial score (nSPS) is 23.3. The number of pyridine rings is 1. The molecule has 2 fully saturated rings. The van der Waals surface area contributed by atoms with Gasteiger partial charge in [-0.25, -0.2) is 4.98 Å². The highest BCUT2D eigenvalue weighted by molar-refractivity contribution is 6.02. The number of aromatic nitrogens is 1. The summed E-state index contributed by atoms with van der Waals surface area (Å²) >= 11 is 0. The molecule has 4 rings (SSSR count). The Morgan fingerprint density at radius 3 is 2.78 bits per heavy atom. The number of fused-ring (bicyclic) bond motifs is 1. The quantitative estimate of drug-likeness (QED) is 0.589. The van der Waals surface area contributed by atoms with Crippen LogP contribution >= 0.6 is 0 Å². The van der Waals surface area contributed by atoms with Crippen molar-refractivity contribution >= 4 is 22.6 Å². The van der Waals surface area contributed by atoms with E-state index in [2.05, 4.69) is 21.6 Å². The summed E-state index contributed by atoms with van der Waals surface area (Å²) in [6, 6.07) is 8.77. The second-order valence-corrected chi connectivity index (χ2v) is 8.99. The van der Waals surface area contributed by atoms with Gasteiger partial charge in [-0.2, -0.15) is 0 Å². The van der Waals surface area contributed by atoms with Gasteiger partial charge in [-0.1, -0.05) is 11.6 Å². The molecule has 1 amide bonds. The summed E-state index contributed by atoms with van der Waals surface area (Å²) < 4.78 is 11.4.